The summed E-state index contributed by atoms with van der Waals surface area (Å²) in [5.41, 5.74) is 1.06. The number of nitrogens with one attached hydrogen (secondary N) is 1. The van der Waals surface area contributed by atoms with Crippen LogP contribution in [0.4, 0.5) is 5.69 Å². The second-order valence-electron chi connectivity index (χ2n) is 6.53. The Labute approximate surface area is 176 Å². The Hall–Kier alpha value is -2.45. The van der Waals surface area contributed by atoms with E-state index >= 15 is 0 Å². The van der Waals surface area contributed by atoms with Gasteiger partial charge < -0.3 is 14.8 Å². The van der Waals surface area contributed by atoms with Crippen LogP contribution < -0.4 is 19.1 Å². The number of carbonyl (C=O) groups is 1. The molecule has 0 aromatic heterocycles. The number of hydrogen-bond acceptors (Lipinski definition) is 5. The molecule has 2 atom stereocenters. The van der Waals surface area contributed by atoms with Gasteiger partial charge in [-0.1, -0.05) is 29.8 Å². The summed E-state index contributed by atoms with van der Waals surface area (Å²) in [4.78, 5) is 12.9. The Balaban J connectivity index is 2.31. The quantitative estimate of drug-likeness (QED) is 0.680. The smallest absolute Gasteiger partial charge is 0.244 e. The van der Waals surface area contributed by atoms with Crippen LogP contribution in [0.25, 0.3) is 0 Å². The van der Waals surface area contributed by atoms with E-state index in [2.05, 4.69) is 5.32 Å². The predicted octanol–water partition coefficient (Wildman–Crippen LogP) is 3.39. The number of para-hydroxylation sites is 1. The van der Waals surface area contributed by atoms with Gasteiger partial charge in [-0.2, -0.15) is 0 Å². The fourth-order valence-corrected chi connectivity index (χ4v) is 4.46. The van der Waals surface area contributed by atoms with Crippen molar-refractivity contribution in [2.24, 2.45) is 0 Å². The van der Waals surface area contributed by atoms with Crippen molar-refractivity contribution < 1.29 is 22.7 Å². The summed E-state index contributed by atoms with van der Waals surface area (Å²) < 4.78 is 36.4. The van der Waals surface area contributed by atoms with Crippen molar-refractivity contribution in [2.45, 2.75) is 25.9 Å². The Morgan fingerprint density at radius 3 is 2.24 bits per heavy atom. The van der Waals surface area contributed by atoms with Gasteiger partial charge in [-0.05, 0) is 38.1 Å². The van der Waals surface area contributed by atoms with E-state index in [9.17, 15) is 13.2 Å². The minimum absolute atomic E-state index is 0.244. The maximum absolute atomic E-state index is 12.9. The molecule has 0 saturated heterocycles. The van der Waals surface area contributed by atoms with E-state index in [1.54, 1.807) is 32.2 Å². The Morgan fingerprint density at radius 1 is 1.07 bits per heavy atom. The van der Waals surface area contributed by atoms with Crippen molar-refractivity contribution in [3.63, 3.8) is 0 Å². The fourth-order valence-electron chi connectivity index (χ4n) is 3.04. The second kappa shape index (κ2) is 9.37. The number of rotatable bonds is 8. The maximum Gasteiger partial charge on any atom is 0.244 e. The lowest BCUT2D eigenvalue weighted by Crippen LogP contribution is -2.48. The first kappa shape index (κ1) is 22.8. The number of carbonyl (C=O) groups excluding carboxylic acids is 1. The standard InChI is InChI=1S/C20H25ClN2O5S/c1-13(16-8-6-7-9-18(16)27-3)22-20(24)14(2)23(29(5,25)26)15-10-11-19(28-4)17(21)12-15/h6-14H,1-5H3,(H,22,24)/t13-,14-/m0/s1. The molecule has 0 unspecified atom stereocenters. The predicted molar refractivity (Wildman–Crippen MR) is 114 cm³/mol. The lowest BCUT2D eigenvalue weighted by atomic mass is 10.1. The van der Waals surface area contributed by atoms with Gasteiger partial charge >= 0.3 is 0 Å². The van der Waals surface area contributed by atoms with Gasteiger partial charge in [0.2, 0.25) is 15.9 Å². The SMILES string of the molecule is COc1ccc(N([C@@H](C)C(=O)N[C@@H](C)c2ccccc2OC)S(C)(=O)=O)cc1Cl. The van der Waals surface area contributed by atoms with Crippen LogP contribution in [0.3, 0.4) is 0 Å². The molecular formula is C20H25ClN2O5S. The average Bonchev–Trinajstić information content (AvgIpc) is 2.66. The molecule has 9 heteroatoms. The van der Waals surface area contributed by atoms with Gasteiger partial charge in [0, 0.05) is 5.56 Å². The van der Waals surface area contributed by atoms with Crippen LogP contribution in [0.15, 0.2) is 42.5 Å². The number of nitrogens with zero attached hydrogens (tertiary/aromatic N) is 1. The van der Waals surface area contributed by atoms with Crippen LogP contribution in [0.2, 0.25) is 5.02 Å². The molecular weight excluding hydrogens is 416 g/mol. The summed E-state index contributed by atoms with van der Waals surface area (Å²) in [5.74, 6) is 0.585. The summed E-state index contributed by atoms with van der Waals surface area (Å²) in [6, 6.07) is 10.5. The number of methoxy groups -OCH3 is 2. The highest BCUT2D eigenvalue weighted by molar-refractivity contribution is 7.92. The Bertz CT molecular complexity index is 981. The summed E-state index contributed by atoms with van der Waals surface area (Å²) in [6.07, 6.45) is 1.04. The number of halogens is 1. The first-order valence-electron chi connectivity index (χ1n) is 8.86. The minimum Gasteiger partial charge on any atom is -0.496 e. The van der Waals surface area contributed by atoms with E-state index in [1.807, 2.05) is 18.2 Å². The number of amides is 1. The largest absolute Gasteiger partial charge is 0.496 e. The van der Waals surface area contributed by atoms with Crippen molar-refractivity contribution in [2.75, 3.05) is 24.8 Å². The lowest BCUT2D eigenvalue weighted by Gasteiger charge is -2.29. The van der Waals surface area contributed by atoms with E-state index in [-0.39, 0.29) is 16.8 Å². The molecule has 29 heavy (non-hydrogen) atoms. The molecule has 0 fully saturated rings. The molecule has 0 heterocycles. The van der Waals surface area contributed by atoms with Gasteiger partial charge in [0.1, 0.15) is 17.5 Å². The van der Waals surface area contributed by atoms with Gasteiger partial charge in [-0.15, -0.1) is 0 Å². The van der Waals surface area contributed by atoms with Crippen molar-refractivity contribution in [3.8, 4) is 11.5 Å². The van der Waals surface area contributed by atoms with Crippen LogP contribution in [-0.2, 0) is 14.8 Å². The molecule has 7 nitrogen and oxygen atoms in total. The number of anilines is 1. The molecule has 0 aliphatic rings. The molecule has 1 N–H and O–H groups in total. The molecule has 2 aromatic carbocycles. The lowest BCUT2D eigenvalue weighted by molar-refractivity contribution is -0.122. The van der Waals surface area contributed by atoms with Gasteiger partial charge in [0.15, 0.2) is 0 Å². The van der Waals surface area contributed by atoms with E-state index < -0.39 is 22.0 Å². The summed E-state index contributed by atoms with van der Waals surface area (Å²) in [6.45, 7) is 3.32. The van der Waals surface area contributed by atoms with Crippen LogP contribution in [0.5, 0.6) is 11.5 Å². The average molecular weight is 441 g/mol. The Morgan fingerprint density at radius 2 is 1.69 bits per heavy atom. The topological polar surface area (TPSA) is 84.9 Å². The third-order valence-electron chi connectivity index (χ3n) is 4.44. The van der Waals surface area contributed by atoms with E-state index in [4.69, 9.17) is 21.1 Å². The number of hydrogen-bond donors (Lipinski definition) is 1. The van der Waals surface area contributed by atoms with Gasteiger partial charge in [0.25, 0.3) is 0 Å². The van der Waals surface area contributed by atoms with Crippen molar-refractivity contribution >= 4 is 33.2 Å². The van der Waals surface area contributed by atoms with E-state index in [0.717, 1.165) is 16.1 Å². The number of ether oxygens (including phenoxy) is 2. The highest BCUT2D eigenvalue weighted by Gasteiger charge is 2.30. The molecule has 1 amide bonds. The summed E-state index contributed by atoms with van der Waals surface area (Å²) in [7, 11) is -0.750. The molecule has 2 aromatic rings. The molecule has 2 rings (SSSR count). The van der Waals surface area contributed by atoms with Gasteiger partial charge in [-0.3, -0.25) is 9.10 Å². The van der Waals surface area contributed by atoms with Crippen LogP contribution in [0.1, 0.15) is 25.5 Å². The first-order valence-corrected chi connectivity index (χ1v) is 11.1. The zero-order valence-corrected chi connectivity index (χ0v) is 18.5. The molecule has 0 spiro atoms. The van der Waals surface area contributed by atoms with Gasteiger partial charge in [0.05, 0.1) is 37.2 Å². The highest BCUT2D eigenvalue weighted by atomic mass is 35.5. The normalized spacial score (nSPS) is 13.3. The summed E-state index contributed by atoms with van der Waals surface area (Å²) in [5, 5.41) is 3.09. The van der Waals surface area contributed by atoms with Crippen LogP contribution >= 0.6 is 11.6 Å². The zero-order valence-electron chi connectivity index (χ0n) is 17.0. The third kappa shape index (κ3) is 5.33. The molecule has 0 aliphatic carbocycles. The minimum atomic E-state index is -3.76. The number of benzene rings is 2. The molecule has 0 radical (unpaired) electrons. The molecule has 0 saturated carbocycles. The Kier molecular flexibility index (Phi) is 7.37. The fraction of sp³-hybridized carbons (Fsp3) is 0.350. The summed E-state index contributed by atoms with van der Waals surface area (Å²) >= 11 is 6.14. The first-order chi connectivity index (χ1) is 13.6. The molecule has 0 bridgehead atoms. The zero-order chi connectivity index (χ0) is 21.8. The van der Waals surface area contributed by atoms with Crippen molar-refractivity contribution in [1.29, 1.82) is 0 Å². The van der Waals surface area contributed by atoms with Crippen LogP contribution in [-0.4, -0.2) is 40.8 Å². The number of sulfonamides is 1. The van der Waals surface area contributed by atoms with E-state index in [1.165, 1.54) is 20.1 Å². The van der Waals surface area contributed by atoms with Crippen LogP contribution in [0, 0.1) is 0 Å². The molecule has 0 aliphatic heterocycles. The van der Waals surface area contributed by atoms with Crippen molar-refractivity contribution in [3.05, 3.63) is 53.1 Å². The highest BCUT2D eigenvalue weighted by Crippen LogP contribution is 2.31. The van der Waals surface area contributed by atoms with Crippen molar-refractivity contribution in [1.82, 2.24) is 5.32 Å². The third-order valence-corrected chi connectivity index (χ3v) is 5.98. The molecule has 158 valence electrons. The van der Waals surface area contributed by atoms with E-state index in [0.29, 0.717) is 11.5 Å². The monoisotopic (exact) mass is 440 g/mol. The van der Waals surface area contributed by atoms with Gasteiger partial charge in [-0.25, -0.2) is 8.42 Å². The maximum atomic E-state index is 12.9. The second-order valence-corrected chi connectivity index (χ2v) is 8.79.